The SMILES string of the molecule is CCNC(=NCC(c1ccco1)N(CC)CC)NCCc1ccc(S(C)(=O)=O)cc1.I. The van der Waals surface area contributed by atoms with Crippen molar-refractivity contribution in [2.24, 2.45) is 4.99 Å². The zero-order chi connectivity index (χ0) is 22.0. The Balaban J connectivity index is 0.00000480. The van der Waals surface area contributed by atoms with Crippen LogP contribution >= 0.6 is 24.0 Å². The van der Waals surface area contributed by atoms with Crippen LogP contribution in [0.2, 0.25) is 0 Å². The van der Waals surface area contributed by atoms with Crippen molar-refractivity contribution in [1.82, 2.24) is 15.5 Å². The molecule has 1 aromatic heterocycles. The number of guanidine groups is 1. The highest BCUT2D eigenvalue weighted by Crippen LogP contribution is 2.21. The first-order chi connectivity index (χ1) is 14.4. The third-order valence-electron chi connectivity index (χ3n) is 4.95. The van der Waals surface area contributed by atoms with Gasteiger partial charge < -0.3 is 15.1 Å². The number of furan rings is 1. The molecular formula is C22H35IN4O3S. The van der Waals surface area contributed by atoms with Crippen molar-refractivity contribution in [3.8, 4) is 0 Å². The van der Waals surface area contributed by atoms with Crippen LogP contribution in [0.1, 0.15) is 38.1 Å². The Morgan fingerprint density at radius 3 is 2.29 bits per heavy atom. The van der Waals surface area contributed by atoms with Crippen LogP contribution in [0.25, 0.3) is 0 Å². The fraction of sp³-hybridized carbons (Fsp3) is 0.500. The van der Waals surface area contributed by atoms with Crippen molar-refractivity contribution >= 4 is 39.8 Å². The van der Waals surface area contributed by atoms with Gasteiger partial charge in [0, 0.05) is 19.3 Å². The van der Waals surface area contributed by atoms with E-state index in [4.69, 9.17) is 9.41 Å². The summed E-state index contributed by atoms with van der Waals surface area (Å²) in [6, 6.07) is 11.0. The van der Waals surface area contributed by atoms with Crippen LogP contribution in [0.4, 0.5) is 0 Å². The molecule has 1 atom stereocenters. The second-order valence-corrected chi connectivity index (χ2v) is 9.08. The van der Waals surface area contributed by atoms with E-state index in [2.05, 4.69) is 29.4 Å². The van der Waals surface area contributed by atoms with Crippen molar-refractivity contribution in [3.05, 3.63) is 54.0 Å². The van der Waals surface area contributed by atoms with Crippen molar-refractivity contribution in [2.45, 2.75) is 38.1 Å². The van der Waals surface area contributed by atoms with Gasteiger partial charge in [-0.3, -0.25) is 9.89 Å². The van der Waals surface area contributed by atoms with Gasteiger partial charge in [0.05, 0.1) is 23.7 Å². The first kappa shape index (κ1) is 27.4. The molecule has 31 heavy (non-hydrogen) atoms. The predicted molar refractivity (Wildman–Crippen MR) is 137 cm³/mol. The molecule has 1 aromatic carbocycles. The van der Waals surface area contributed by atoms with Crippen LogP contribution in [-0.2, 0) is 16.3 Å². The van der Waals surface area contributed by atoms with Crippen LogP contribution in [0.15, 0.2) is 57.0 Å². The molecule has 0 saturated carbocycles. The minimum Gasteiger partial charge on any atom is -0.468 e. The molecular weight excluding hydrogens is 527 g/mol. The Kier molecular flexibility index (Phi) is 12.2. The van der Waals surface area contributed by atoms with Gasteiger partial charge in [-0.2, -0.15) is 0 Å². The van der Waals surface area contributed by atoms with Crippen LogP contribution in [0.3, 0.4) is 0 Å². The normalized spacial score (nSPS) is 13.0. The molecule has 0 bridgehead atoms. The molecule has 1 heterocycles. The molecule has 1 unspecified atom stereocenters. The molecule has 0 spiro atoms. The van der Waals surface area contributed by atoms with Gasteiger partial charge >= 0.3 is 0 Å². The summed E-state index contributed by atoms with van der Waals surface area (Å²) in [7, 11) is -3.16. The molecule has 0 fully saturated rings. The third-order valence-corrected chi connectivity index (χ3v) is 6.08. The lowest BCUT2D eigenvalue weighted by atomic mass is 10.1. The van der Waals surface area contributed by atoms with E-state index in [1.54, 1.807) is 18.4 Å². The van der Waals surface area contributed by atoms with Crippen LogP contribution in [-0.4, -0.2) is 58.3 Å². The van der Waals surface area contributed by atoms with Gasteiger partial charge in [-0.05, 0) is 56.3 Å². The van der Waals surface area contributed by atoms with Crippen molar-refractivity contribution in [2.75, 3.05) is 39.0 Å². The fourth-order valence-electron chi connectivity index (χ4n) is 3.28. The predicted octanol–water partition coefficient (Wildman–Crippen LogP) is 3.48. The van der Waals surface area contributed by atoms with Gasteiger partial charge in [0.25, 0.3) is 0 Å². The smallest absolute Gasteiger partial charge is 0.191 e. The summed E-state index contributed by atoms with van der Waals surface area (Å²) in [6.45, 7) is 10.2. The summed E-state index contributed by atoms with van der Waals surface area (Å²) in [4.78, 5) is 7.45. The molecule has 0 aliphatic carbocycles. The van der Waals surface area contributed by atoms with Gasteiger partial charge in [0.2, 0.25) is 0 Å². The van der Waals surface area contributed by atoms with Crippen molar-refractivity contribution in [3.63, 3.8) is 0 Å². The molecule has 2 aromatic rings. The summed E-state index contributed by atoms with van der Waals surface area (Å²) < 4.78 is 28.8. The van der Waals surface area contributed by atoms with Gasteiger partial charge in [-0.15, -0.1) is 24.0 Å². The minimum absolute atomic E-state index is 0. The maximum atomic E-state index is 11.6. The molecule has 0 amide bonds. The van der Waals surface area contributed by atoms with Gasteiger partial charge in [0.1, 0.15) is 5.76 Å². The van der Waals surface area contributed by atoms with E-state index in [9.17, 15) is 8.42 Å². The summed E-state index contributed by atoms with van der Waals surface area (Å²) in [5.41, 5.74) is 1.07. The molecule has 174 valence electrons. The lowest BCUT2D eigenvalue weighted by Crippen LogP contribution is -2.39. The number of nitrogens with one attached hydrogen (secondary N) is 2. The van der Waals surface area contributed by atoms with Crippen molar-refractivity contribution < 1.29 is 12.8 Å². The van der Waals surface area contributed by atoms with E-state index in [0.717, 1.165) is 43.3 Å². The molecule has 9 heteroatoms. The molecule has 2 rings (SSSR count). The lowest BCUT2D eigenvalue weighted by Gasteiger charge is -2.27. The van der Waals surface area contributed by atoms with Gasteiger partial charge in [0.15, 0.2) is 15.8 Å². The highest BCUT2D eigenvalue weighted by molar-refractivity contribution is 14.0. The number of hydrogen-bond acceptors (Lipinski definition) is 5. The first-order valence-corrected chi connectivity index (χ1v) is 12.4. The number of rotatable bonds is 11. The number of hydrogen-bond donors (Lipinski definition) is 2. The standard InChI is InChI=1S/C22H34N4O3S.HI/c1-5-23-22(24-15-14-18-10-12-19(13-11-18)30(4,27)28)25-17-20(26(6-2)7-3)21-9-8-16-29-21;/h8-13,16,20H,5-7,14-15,17H2,1-4H3,(H2,23,24,25);1H. The van der Waals surface area contributed by atoms with E-state index < -0.39 is 9.84 Å². The highest BCUT2D eigenvalue weighted by Gasteiger charge is 2.20. The van der Waals surface area contributed by atoms with Gasteiger partial charge in [-0.25, -0.2) is 8.42 Å². The first-order valence-electron chi connectivity index (χ1n) is 10.5. The Bertz CT molecular complexity index is 880. The zero-order valence-electron chi connectivity index (χ0n) is 18.8. The Morgan fingerprint density at radius 2 is 1.77 bits per heavy atom. The summed E-state index contributed by atoms with van der Waals surface area (Å²) in [5.74, 6) is 1.68. The zero-order valence-corrected chi connectivity index (χ0v) is 21.9. The number of benzene rings is 1. The van der Waals surface area contributed by atoms with Crippen LogP contribution in [0, 0.1) is 0 Å². The minimum atomic E-state index is -3.16. The number of sulfone groups is 1. The molecule has 0 saturated heterocycles. The molecule has 0 radical (unpaired) electrons. The van der Waals surface area contributed by atoms with E-state index in [-0.39, 0.29) is 30.0 Å². The van der Waals surface area contributed by atoms with Crippen molar-refractivity contribution in [1.29, 1.82) is 0 Å². The number of likely N-dealkylation sites (N-methyl/N-ethyl adjacent to an activating group) is 1. The van der Waals surface area contributed by atoms with E-state index in [0.29, 0.717) is 18.0 Å². The molecule has 7 nitrogen and oxygen atoms in total. The molecule has 2 N–H and O–H groups in total. The third kappa shape index (κ3) is 8.82. The number of halogens is 1. The highest BCUT2D eigenvalue weighted by atomic mass is 127. The van der Waals surface area contributed by atoms with E-state index in [1.165, 1.54) is 6.26 Å². The fourth-order valence-corrected chi connectivity index (χ4v) is 3.91. The average Bonchev–Trinajstić information content (AvgIpc) is 3.25. The Hall–Kier alpha value is -1.59. The topological polar surface area (TPSA) is 86.9 Å². The molecule has 0 aliphatic heterocycles. The maximum absolute atomic E-state index is 11.6. The van der Waals surface area contributed by atoms with E-state index >= 15 is 0 Å². The lowest BCUT2D eigenvalue weighted by molar-refractivity contribution is 0.198. The van der Waals surface area contributed by atoms with E-state index in [1.807, 2.05) is 31.2 Å². The number of aliphatic imine (C=N–C) groups is 1. The number of nitrogens with zero attached hydrogens (tertiary/aromatic N) is 2. The summed E-state index contributed by atoms with van der Waals surface area (Å²) in [6.07, 6.45) is 3.69. The maximum Gasteiger partial charge on any atom is 0.191 e. The second kappa shape index (κ2) is 13.7. The largest absolute Gasteiger partial charge is 0.468 e. The summed E-state index contributed by atoms with van der Waals surface area (Å²) >= 11 is 0. The summed E-state index contributed by atoms with van der Waals surface area (Å²) in [5, 5.41) is 6.65. The molecule has 0 aliphatic rings. The van der Waals surface area contributed by atoms with Crippen LogP contribution < -0.4 is 10.6 Å². The van der Waals surface area contributed by atoms with Gasteiger partial charge in [-0.1, -0.05) is 26.0 Å². The van der Waals surface area contributed by atoms with Crippen LogP contribution in [0.5, 0.6) is 0 Å². The Labute approximate surface area is 203 Å². The quantitative estimate of drug-likeness (QED) is 0.248. The Morgan fingerprint density at radius 1 is 1.10 bits per heavy atom. The average molecular weight is 563 g/mol. The second-order valence-electron chi connectivity index (χ2n) is 7.06. The monoisotopic (exact) mass is 562 g/mol.